The summed E-state index contributed by atoms with van der Waals surface area (Å²) < 4.78 is 27.3. The van der Waals surface area contributed by atoms with Gasteiger partial charge in [0, 0.05) is 12.6 Å². The van der Waals surface area contributed by atoms with Crippen LogP contribution in [0.4, 0.5) is 5.69 Å². The zero-order valence-electron chi connectivity index (χ0n) is 14.9. The number of hydrogen-bond acceptors (Lipinski definition) is 3. The lowest BCUT2D eigenvalue weighted by molar-refractivity contribution is -0.116. The zero-order valence-corrected chi connectivity index (χ0v) is 16.4. The number of hydrogen-bond donors (Lipinski definition) is 2. The maximum atomic E-state index is 12.4. The molecule has 2 aromatic rings. The van der Waals surface area contributed by atoms with Gasteiger partial charge in [-0.25, -0.2) is 8.42 Å². The third kappa shape index (κ3) is 6.58. The van der Waals surface area contributed by atoms with E-state index in [9.17, 15) is 13.2 Å². The standard InChI is InChI=1S/C20H21ClN2O3S/c1-2-3-6-15-22-20(24)14-11-16-9-12-17(13-10-16)27(25,26)23-19-8-5-4-7-18(19)21/h2-5,7-14,23H,6,15H2,1H3,(H,22,24)/b3-2+,14-11+. The molecule has 0 saturated heterocycles. The highest BCUT2D eigenvalue weighted by Crippen LogP contribution is 2.24. The molecule has 0 aliphatic carbocycles. The molecule has 0 aromatic heterocycles. The van der Waals surface area contributed by atoms with Crippen LogP contribution in [0.5, 0.6) is 0 Å². The molecule has 0 heterocycles. The van der Waals surface area contributed by atoms with Gasteiger partial charge in [0.2, 0.25) is 5.91 Å². The molecule has 27 heavy (non-hydrogen) atoms. The lowest BCUT2D eigenvalue weighted by Gasteiger charge is -2.09. The van der Waals surface area contributed by atoms with Crippen molar-refractivity contribution in [3.63, 3.8) is 0 Å². The van der Waals surface area contributed by atoms with Gasteiger partial charge in [0.05, 0.1) is 15.6 Å². The molecule has 0 unspecified atom stereocenters. The van der Waals surface area contributed by atoms with Crippen molar-refractivity contribution in [1.29, 1.82) is 0 Å². The minimum atomic E-state index is -3.75. The second-order valence-corrected chi connectivity index (χ2v) is 7.73. The van der Waals surface area contributed by atoms with E-state index in [2.05, 4.69) is 10.0 Å². The van der Waals surface area contributed by atoms with Crippen molar-refractivity contribution < 1.29 is 13.2 Å². The predicted molar refractivity (Wildman–Crippen MR) is 110 cm³/mol. The topological polar surface area (TPSA) is 75.3 Å². The highest BCUT2D eigenvalue weighted by Gasteiger charge is 2.15. The van der Waals surface area contributed by atoms with Crippen LogP contribution in [0.15, 0.2) is 71.7 Å². The number of anilines is 1. The lowest BCUT2D eigenvalue weighted by atomic mass is 10.2. The molecule has 142 valence electrons. The van der Waals surface area contributed by atoms with Gasteiger partial charge in [0.1, 0.15) is 0 Å². The smallest absolute Gasteiger partial charge is 0.261 e. The zero-order chi connectivity index (χ0) is 19.7. The number of benzene rings is 2. The number of nitrogens with one attached hydrogen (secondary N) is 2. The van der Waals surface area contributed by atoms with Crippen LogP contribution in [0.25, 0.3) is 6.08 Å². The van der Waals surface area contributed by atoms with Gasteiger partial charge in [0.25, 0.3) is 10.0 Å². The molecule has 7 heteroatoms. The molecular weight excluding hydrogens is 384 g/mol. The second kappa shape index (κ2) is 9.94. The summed E-state index contributed by atoms with van der Waals surface area (Å²) in [6.07, 6.45) is 7.73. The Bertz CT molecular complexity index is 936. The van der Waals surface area contributed by atoms with Gasteiger partial charge in [-0.05, 0) is 49.2 Å². The van der Waals surface area contributed by atoms with Crippen LogP contribution in [0.3, 0.4) is 0 Å². The molecule has 0 aliphatic rings. The monoisotopic (exact) mass is 404 g/mol. The largest absolute Gasteiger partial charge is 0.352 e. The number of sulfonamides is 1. The van der Waals surface area contributed by atoms with E-state index >= 15 is 0 Å². The van der Waals surface area contributed by atoms with Gasteiger partial charge in [0.15, 0.2) is 0 Å². The minimum absolute atomic E-state index is 0.107. The van der Waals surface area contributed by atoms with Crippen molar-refractivity contribution in [2.75, 3.05) is 11.3 Å². The van der Waals surface area contributed by atoms with Gasteiger partial charge in [-0.3, -0.25) is 9.52 Å². The summed E-state index contributed by atoms with van der Waals surface area (Å²) in [6, 6.07) is 12.8. The molecule has 2 N–H and O–H groups in total. The fourth-order valence-electron chi connectivity index (χ4n) is 2.18. The molecule has 0 radical (unpaired) electrons. The second-order valence-electron chi connectivity index (χ2n) is 5.64. The first-order valence-electron chi connectivity index (χ1n) is 8.37. The van der Waals surface area contributed by atoms with Crippen LogP contribution in [-0.4, -0.2) is 20.9 Å². The predicted octanol–water partition coefficient (Wildman–Crippen LogP) is 4.24. The Balaban J connectivity index is 2.00. The highest BCUT2D eigenvalue weighted by molar-refractivity contribution is 7.92. The van der Waals surface area contributed by atoms with Gasteiger partial charge in [-0.1, -0.05) is 48.0 Å². The highest BCUT2D eigenvalue weighted by atomic mass is 35.5. The summed E-state index contributed by atoms with van der Waals surface area (Å²) in [5, 5.41) is 3.08. The summed E-state index contributed by atoms with van der Waals surface area (Å²) in [7, 11) is -3.75. The number of rotatable bonds is 8. The Kier molecular flexibility index (Phi) is 7.64. The van der Waals surface area contributed by atoms with Crippen LogP contribution in [0.2, 0.25) is 5.02 Å². The fourth-order valence-corrected chi connectivity index (χ4v) is 3.50. The summed E-state index contributed by atoms with van der Waals surface area (Å²) in [5.41, 5.74) is 1.04. The van der Waals surface area contributed by atoms with E-state index in [-0.39, 0.29) is 10.8 Å². The SMILES string of the molecule is C/C=C/CCNC(=O)/C=C/c1ccc(S(=O)(=O)Nc2ccccc2Cl)cc1. The van der Waals surface area contributed by atoms with Crippen molar-refractivity contribution in [2.24, 2.45) is 0 Å². The molecule has 0 aliphatic heterocycles. The molecule has 1 amide bonds. The van der Waals surface area contributed by atoms with Gasteiger partial charge in [-0.2, -0.15) is 0 Å². The number of carbonyl (C=O) groups is 1. The van der Waals surface area contributed by atoms with E-state index in [0.29, 0.717) is 17.3 Å². The fraction of sp³-hybridized carbons (Fsp3) is 0.150. The number of allylic oxidation sites excluding steroid dienone is 1. The Morgan fingerprint density at radius 3 is 2.48 bits per heavy atom. The number of para-hydroxylation sites is 1. The van der Waals surface area contributed by atoms with E-state index in [0.717, 1.165) is 12.0 Å². The Labute approximate surface area is 164 Å². The van der Waals surface area contributed by atoms with E-state index in [1.807, 2.05) is 19.1 Å². The summed E-state index contributed by atoms with van der Waals surface area (Å²) in [6.45, 7) is 2.49. The van der Waals surface area contributed by atoms with Crippen molar-refractivity contribution in [3.05, 3.63) is 77.3 Å². The maximum absolute atomic E-state index is 12.4. The first kappa shape index (κ1) is 20.7. The summed E-state index contributed by atoms with van der Waals surface area (Å²) >= 11 is 5.99. The van der Waals surface area contributed by atoms with Crippen LogP contribution >= 0.6 is 11.6 Å². The van der Waals surface area contributed by atoms with Crippen LogP contribution in [0, 0.1) is 0 Å². The Morgan fingerprint density at radius 2 is 1.81 bits per heavy atom. The first-order valence-corrected chi connectivity index (χ1v) is 10.2. The lowest BCUT2D eigenvalue weighted by Crippen LogP contribution is -2.21. The third-order valence-corrected chi connectivity index (χ3v) is 5.29. The third-order valence-electron chi connectivity index (χ3n) is 3.58. The normalized spacial score (nSPS) is 11.8. The molecule has 0 saturated carbocycles. The summed E-state index contributed by atoms with van der Waals surface area (Å²) in [4.78, 5) is 11.8. The van der Waals surface area contributed by atoms with Crippen molar-refractivity contribution in [2.45, 2.75) is 18.2 Å². The van der Waals surface area contributed by atoms with E-state index < -0.39 is 10.0 Å². The van der Waals surface area contributed by atoms with Gasteiger partial charge >= 0.3 is 0 Å². The molecular formula is C20H21ClN2O3S. The van der Waals surface area contributed by atoms with Crippen LogP contribution in [-0.2, 0) is 14.8 Å². The van der Waals surface area contributed by atoms with Crippen LogP contribution < -0.4 is 10.0 Å². The van der Waals surface area contributed by atoms with Crippen molar-refractivity contribution in [3.8, 4) is 0 Å². The average Bonchev–Trinajstić information content (AvgIpc) is 2.66. The Hall–Kier alpha value is -2.57. The first-order chi connectivity index (χ1) is 12.9. The van der Waals surface area contributed by atoms with E-state index in [4.69, 9.17) is 11.6 Å². The van der Waals surface area contributed by atoms with E-state index in [1.54, 1.807) is 42.5 Å². The number of amides is 1. The van der Waals surface area contributed by atoms with Gasteiger partial charge < -0.3 is 5.32 Å². The van der Waals surface area contributed by atoms with Crippen molar-refractivity contribution in [1.82, 2.24) is 5.32 Å². The molecule has 5 nitrogen and oxygen atoms in total. The van der Waals surface area contributed by atoms with Gasteiger partial charge in [-0.15, -0.1) is 0 Å². The molecule has 0 bridgehead atoms. The molecule has 0 fully saturated rings. The average molecular weight is 405 g/mol. The molecule has 2 rings (SSSR count). The van der Waals surface area contributed by atoms with Crippen LogP contribution in [0.1, 0.15) is 18.9 Å². The quantitative estimate of drug-likeness (QED) is 0.392. The maximum Gasteiger partial charge on any atom is 0.261 e. The van der Waals surface area contributed by atoms with E-state index in [1.165, 1.54) is 18.2 Å². The summed E-state index contributed by atoms with van der Waals surface area (Å²) in [5.74, 6) is -0.198. The minimum Gasteiger partial charge on any atom is -0.352 e. The van der Waals surface area contributed by atoms with Crippen molar-refractivity contribution >= 4 is 39.3 Å². The molecule has 2 aromatic carbocycles. The molecule has 0 atom stereocenters. The molecule has 0 spiro atoms. The Morgan fingerprint density at radius 1 is 1.11 bits per heavy atom. The number of carbonyl (C=O) groups excluding carboxylic acids is 1. The number of halogens is 1.